The van der Waals surface area contributed by atoms with E-state index in [9.17, 15) is 4.79 Å². The number of aromatic nitrogens is 1. The number of para-hydroxylation sites is 1. The molecule has 0 aliphatic carbocycles. The van der Waals surface area contributed by atoms with Gasteiger partial charge < -0.3 is 9.64 Å². The van der Waals surface area contributed by atoms with E-state index in [-0.39, 0.29) is 6.10 Å². The summed E-state index contributed by atoms with van der Waals surface area (Å²) in [7, 11) is 0. The number of hydrogen-bond acceptors (Lipinski definition) is 4. The smallest absolute Gasteiger partial charge is 0.152 e. The van der Waals surface area contributed by atoms with E-state index >= 15 is 0 Å². The number of hydrogen-bond donors (Lipinski definition) is 0. The minimum Gasteiger partial charge on any atom is -0.490 e. The number of nitrogens with zero attached hydrogens (tertiary/aromatic N) is 2. The van der Waals surface area contributed by atoms with Crippen molar-refractivity contribution < 1.29 is 9.53 Å². The van der Waals surface area contributed by atoms with Crippen molar-refractivity contribution >= 4 is 34.6 Å². The van der Waals surface area contributed by atoms with E-state index in [1.807, 2.05) is 48.5 Å². The van der Waals surface area contributed by atoms with Crippen molar-refractivity contribution in [3.8, 4) is 5.75 Å². The lowest BCUT2D eigenvalue weighted by molar-refractivity contribution is 0.112. The second-order valence-electron chi connectivity index (χ2n) is 6.46. The molecular weight excluding hydrogens is 348 g/mol. The minimum atomic E-state index is 0.193. The molecule has 3 aromatic rings. The fourth-order valence-electron chi connectivity index (χ4n) is 3.34. The molecule has 0 N–H and O–H groups in total. The predicted molar refractivity (Wildman–Crippen MR) is 104 cm³/mol. The van der Waals surface area contributed by atoms with Crippen LogP contribution in [0.2, 0.25) is 5.02 Å². The number of rotatable bonds is 4. The second kappa shape index (κ2) is 7.34. The standard InChI is InChI=1S/C21H19ClN2O2/c22-17-5-7-18(8-6-17)26-19-10-12-24(13-11-19)20-9-4-15-2-1-3-16(14-25)21(15)23-20/h1-9,14,19H,10-13H2. The zero-order chi connectivity index (χ0) is 17.9. The molecule has 0 saturated carbocycles. The van der Waals surface area contributed by atoms with Gasteiger partial charge in [0.05, 0.1) is 5.52 Å². The van der Waals surface area contributed by atoms with Gasteiger partial charge in [0.15, 0.2) is 6.29 Å². The number of ether oxygens (including phenoxy) is 1. The summed E-state index contributed by atoms with van der Waals surface area (Å²) in [4.78, 5) is 18.2. The number of aldehydes is 1. The van der Waals surface area contributed by atoms with Gasteiger partial charge in [-0.15, -0.1) is 0 Å². The summed E-state index contributed by atoms with van der Waals surface area (Å²) in [5.74, 6) is 1.77. The maximum atomic E-state index is 11.3. The average Bonchev–Trinajstić information content (AvgIpc) is 2.69. The maximum absolute atomic E-state index is 11.3. The van der Waals surface area contributed by atoms with Crippen molar-refractivity contribution in [3.05, 3.63) is 65.2 Å². The zero-order valence-electron chi connectivity index (χ0n) is 14.3. The fourth-order valence-corrected chi connectivity index (χ4v) is 3.47. The van der Waals surface area contributed by atoms with E-state index < -0.39 is 0 Å². The number of fused-ring (bicyclic) bond motifs is 1. The molecule has 0 spiro atoms. The molecule has 1 aromatic heterocycles. The van der Waals surface area contributed by atoms with Crippen LogP contribution in [0.4, 0.5) is 5.82 Å². The van der Waals surface area contributed by atoms with Gasteiger partial charge in [0.2, 0.25) is 0 Å². The van der Waals surface area contributed by atoms with Crippen molar-refractivity contribution in [2.24, 2.45) is 0 Å². The Morgan fingerprint density at radius 3 is 2.54 bits per heavy atom. The lowest BCUT2D eigenvalue weighted by atomic mass is 10.1. The van der Waals surface area contributed by atoms with Crippen LogP contribution < -0.4 is 9.64 Å². The van der Waals surface area contributed by atoms with Crippen LogP contribution in [-0.4, -0.2) is 30.5 Å². The Morgan fingerprint density at radius 2 is 1.81 bits per heavy atom. The van der Waals surface area contributed by atoms with E-state index in [0.29, 0.717) is 10.6 Å². The van der Waals surface area contributed by atoms with Crippen LogP contribution in [0.1, 0.15) is 23.2 Å². The van der Waals surface area contributed by atoms with E-state index in [0.717, 1.165) is 54.7 Å². The summed E-state index contributed by atoms with van der Waals surface area (Å²) in [6.07, 6.45) is 2.92. The van der Waals surface area contributed by atoms with E-state index in [1.54, 1.807) is 6.07 Å². The maximum Gasteiger partial charge on any atom is 0.152 e. The Morgan fingerprint density at radius 1 is 1.04 bits per heavy atom. The average molecular weight is 367 g/mol. The molecule has 1 aliphatic rings. The molecule has 1 fully saturated rings. The van der Waals surface area contributed by atoms with Gasteiger partial charge >= 0.3 is 0 Å². The molecular formula is C21H19ClN2O2. The largest absolute Gasteiger partial charge is 0.490 e. The van der Waals surface area contributed by atoms with Crippen LogP contribution >= 0.6 is 11.6 Å². The number of halogens is 1. The summed E-state index contributed by atoms with van der Waals surface area (Å²) >= 11 is 5.91. The van der Waals surface area contributed by atoms with E-state index in [2.05, 4.69) is 4.90 Å². The van der Waals surface area contributed by atoms with Gasteiger partial charge in [-0.2, -0.15) is 0 Å². The third kappa shape index (κ3) is 3.51. The number of carbonyl (C=O) groups excluding carboxylic acids is 1. The number of carbonyl (C=O) groups is 1. The summed E-state index contributed by atoms with van der Waals surface area (Å²) in [5, 5.41) is 1.70. The van der Waals surface area contributed by atoms with Gasteiger partial charge in [-0.3, -0.25) is 4.79 Å². The van der Waals surface area contributed by atoms with Crippen LogP contribution in [0.15, 0.2) is 54.6 Å². The summed E-state index contributed by atoms with van der Waals surface area (Å²) in [5.41, 5.74) is 1.39. The Balaban J connectivity index is 1.45. The number of pyridine rings is 1. The van der Waals surface area contributed by atoms with E-state index in [4.69, 9.17) is 21.3 Å². The third-order valence-corrected chi connectivity index (χ3v) is 5.00. The first kappa shape index (κ1) is 16.9. The molecule has 0 atom stereocenters. The molecule has 2 aromatic carbocycles. The van der Waals surface area contributed by atoms with Gasteiger partial charge in [-0.1, -0.05) is 23.7 Å². The monoisotopic (exact) mass is 366 g/mol. The summed E-state index contributed by atoms with van der Waals surface area (Å²) in [6, 6.07) is 17.2. The summed E-state index contributed by atoms with van der Waals surface area (Å²) in [6.45, 7) is 1.75. The van der Waals surface area contributed by atoms with Gasteiger partial charge in [-0.05, 0) is 42.5 Å². The summed E-state index contributed by atoms with van der Waals surface area (Å²) < 4.78 is 6.05. The first-order valence-corrected chi connectivity index (χ1v) is 9.13. The van der Waals surface area contributed by atoms with Crippen LogP contribution in [-0.2, 0) is 0 Å². The molecule has 0 bridgehead atoms. The molecule has 4 nitrogen and oxygen atoms in total. The molecule has 5 heteroatoms. The molecule has 0 unspecified atom stereocenters. The van der Waals surface area contributed by atoms with Crippen LogP contribution in [0.25, 0.3) is 10.9 Å². The Kier molecular flexibility index (Phi) is 4.76. The quantitative estimate of drug-likeness (QED) is 0.625. The minimum absolute atomic E-state index is 0.193. The lowest BCUT2D eigenvalue weighted by Crippen LogP contribution is -2.38. The predicted octanol–water partition coefficient (Wildman–Crippen LogP) is 4.75. The molecule has 26 heavy (non-hydrogen) atoms. The molecule has 1 aliphatic heterocycles. The van der Waals surface area contributed by atoms with Crippen LogP contribution in [0.3, 0.4) is 0 Å². The number of benzene rings is 2. The van der Waals surface area contributed by atoms with Crippen molar-refractivity contribution in [1.29, 1.82) is 0 Å². The van der Waals surface area contributed by atoms with Crippen LogP contribution in [0.5, 0.6) is 5.75 Å². The van der Waals surface area contributed by atoms with Crippen LogP contribution in [0, 0.1) is 0 Å². The highest BCUT2D eigenvalue weighted by Crippen LogP contribution is 2.25. The highest BCUT2D eigenvalue weighted by molar-refractivity contribution is 6.30. The molecule has 0 radical (unpaired) electrons. The van der Waals surface area contributed by atoms with Gasteiger partial charge in [-0.25, -0.2) is 4.98 Å². The molecule has 132 valence electrons. The highest BCUT2D eigenvalue weighted by Gasteiger charge is 2.22. The van der Waals surface area contributed by atoms with Gasteiger partial charge in [0.1, 0.15) is 17.7 Å². The third-order valence-electron chi connectivity index (χ3n) is 4.75. The van der Waals surface area contributed by atoms with Gasteiger partial charge in [0.25, 0.3) is 0 Å². The fraction of sp³-hybridized carbons (Fsp3) is 0.238. The van der Waals surface area contributed by atoms with E-state index in [1.165, 1.54) is 0 Å². The van der Waals surface area contributed by atoms with Crippen molar-refractivity contribution in [2.45, 2.75) is 18.9 Å². The Bertz CT molecular complexity index is 919. The van der Waals surface area contributed by atoms with Crippen molar-refractivity contribution in [1.82, 2.24) is 4.98 Å². The van der Waals surface area contributed by atoms with Crippen molar-refractivity contribution in [3.63, 3.8) is 0 Å². The molecule has 4 rings (SSSR count). The molecule has 0 amide bonds. The molecule has 1 saturated heterocycles. The van der Waals surface area contributed by atoms with Gasteiger partial charge in [0, 0.05) is 41.9 Å². The SMILES string of the molecule is O=Cc1cccc2ccc(N3CCC(Oc4ccc(Cl)cc4)CC3)nc12. The number of anilines is 1. The molecule has 2 heterocycles. The highest BCUT2D eigenvalue weighted by atomic mass is 35.5. The Labute approximate surface area is 157 Å². The lowest BCUT2D eigenvalue weighted by Gasteiger charge is -2.33. The number of piperidine rings is 1. The first-order chi connectivity index (χ1) is 12.7. The Hall–Kier alpha value is -2.59. The normalized spacial score (nSPS) is 15.2. The topological polar surface area (TPSA) is 42.4 Å². The zero-order valence-corrected chi connectivity index (χ0v) is 15.0. The van der Waals surface area contributed by atoms with Crippen molar-refractivity contribution in [2.75, 3.05) is 18.0 Å². The second-order valence-corrected chi connectivity index (χ2v) is 6.90. The first-order valence-electron chi connectivity index (χ1n) is 8.75.